The summed E-state index contributed by atoms with van der Waals surface area (Å²) in [5.74, 6) is 0.607. The lowest BCUT2D eigenvalue weighted by atomic mass is 10.1. The van der Waals surface area contributed by atoms with Gasteiger partial charge in [0.1, 0.15) is 46.9 Å². The maximum absolute atomic E-state index is 13.3. The Kier molecular flexibility index (Phi) is 20.0. The molecule has 4 aromatic carbocycles. The van der Waals surface area contributed by atoms with Crippen LogP contribution in [0.2, 0.25) is 5.15 Å². The van der Waals surface area contributed by atoms with Crippen LogP contribution in [0.5, 0.6) is 0 Å². The molecule has 0 aliphatic heterocycles. The molecule has 79 heavy (non-hydrogen) atoms. The fourth-order valence-electron chi connectivity index (χ4n) is 7.99. The number of carbonyl (C=O) groups excluding carboxylic acids is 2. The van der Waals surface area contributed by atoms with E-state index < -0.39 is 0 Å². The Hall–Kier alpha value is -8.37. The molecule has 2 atom stereocenters. The van der Waals surface area contributed by atoms with Gasteiger partial charge in [0, 0.05) is 68.9 Å². The fourth-order valence-corrected chi connectivity index (χ4v) is 10.1. The van der Waals surface area contributed by atoms with Gasteiger partial charge in [-0.1, -0.05) is 48.0 Å². The van der Waals surface area contributed by atoms with E-state index in [2.05, 4.69) is 86.8 Å². The van der Waals surface area contributed by atoms with Gasteiger partial charge in [-0.25, -0.2) is 38.7 Å². The Morgan fingerprint density at radius 2 is 1.00 bits per heavy atom. The largest absolute Gasteiger partial charge is 0.368 e. The predicted molar refractivity (Wildman–Crippen MR) is 314 cm³/mol. The summed E-state index contributed by atoms with van der Waals surface area (Å²) < 4.78 is 26.5. The number of hydrogen-bond acceptors (Lipinski definition) is 16. The van der Waals surface area contributed by atoms with Crippen molar-refractivity contribution in [3.8, 4) is 20.9 Å². The van der Waals surface area contributed by atoms with Crippen molar-refractivity contribution >= 4 is 85.3 Å². The Bertz CT molecular complexity index is 3640. The molecular weight excluding hydrogens is 1060 g/mol. The van der Waals surface area contributed by atoms with E-state index in [4.69, 9.17) is 28.8 Å². The van der Waals surface area contributed by atoms with Crippen molar-refractivity contribution in [3.63, 3.8) is 0 Å². The average molecular weight is 1120 g/mol. The van der Waals surface area contributed by atoms with Crippen LogP contribution in [0.1, 0.15) is 67.5 Å². The van der Waals surface area contributed by atoms with E-state index in [1.165, 1.54) is 30.6 Å². The van der Waals surface area contributed by atoms with Crippen LogP contribution in [0.4, 0.5) is 26.2 Å². The van der Waals surface area contributed by atoms with Crippen molar-refractivity contribution < 1.29 is 18.4 Å². The smallest absolute Gasteiger partial charge is 0.255 e. The number of anilines is 3. The molecule has 16 nitrogen and oxygen atoms in total. The van der Waals surface area contributed by atoms with E-state index in [1.54, 1.807) is 89.9 Å². The van der Waals surface area contributed by atoms with Gasteiger partial charge in [-0.2, -0.15) is 0 Å². The molecule has 0 unspecified atom stereocenters. The number of pyridine rings is 2. The molecule has 6 aromatic heterocycles. The number of amides is 2. The zero-order chi connectivity index (χ0) is 55.7. The Morgan fingerprint density at radius 3 is 1.48 bits per heavy atom. The number of rotatable bonds is 18. The first-order chi connectivity index (χ1) is 38.4. The minimum Gasteiger partial charge on any atom is -0.368 e. The standard InChI is InChI=1S/C29H28FN7OS.C27H21ClFN5OS.C2H8N2/c1-18(19-4-7-21(30)8-5-19)37-29(38)23-3-2-13-32-27(23)34-16-22-9-11-26(39-22)20-6-10-25-24(15-20)28(33-14-12-31)36-17-35-25;1-16(17-4-7-19(29)8-5-17)34-27(35)21-3-2-12-30-26(21)31-14-20-9-11-24(36-20)18-6-10-23-22(13-18)25(28)33-15-32-23;3-1-2-4/h2-11,13,15,17-18H,12,14,16,31H2,1H3,(H,32,34)(H,37,38)(H,33,35,36);2-13,15-16H,14H2,1H3,(H,30,31)(H,34,35);1-4H2/t18-;16-;/m00./s1. The van der Waals surface area contributed by atoms with Crippen LogP contribution < -0.4 is 43.8 Å². The second-order valence-corrected chi connectivity index (χ2v) is 20.4. The van der Waals surface area contributed by atoms with Gasteiger partial charge in [-0.05, 0) is 133 Å². The quantitative estimate of drug-likeness (QED) is 0.0372. The highest BCUT2D eigenvalue weighted by molar-refractivity contribution is 7.15. The van der Waals surface area contributed by atoms with Crippen molar-refractivity contribution in [2.75, 3.05) is 42.1 Å². The normalized spacial score (nSPS) is 11.6. The fraction of sp³-hybridized carbons (Fsp3) is 0.172. The van der Waals surface area contributed by atoms with Crippen LogP contribution in [0, 0.1) is 11.6 Å². The molecule has 0 radical (unpaired) electrons. The van der Waals surface area contributed by atoms with E-state index in [0.29, 0.717) is 67.2 Å². The van der Waals surface area contributed by atoms with Gasteiger partial charge >= 0.3 is 0 Å². The lowest BCUT2D eigenvalue weighted by Crippen LogP contribution is -2.27. The van der Waals surface area contributed by atoms with Crippen molar-refractivity contribution in [2.24, 2.45) is 17.2 Å². The number of nitrogens with two attached hydrogens (primary N) is 3. The van der Waals surface area contributed by atoms with Gasteiger partial charge in [-0.3, -0.25) is 9.59 Å². The maximum atomic E-state index is 13.3. The number of nitrogens with one attached hydrogen (secondary N) is 5. The summed E-state index contributed by atoms with van der Waals surface area (Å²) in [5, 5.41) is 17.9. The monoisotopic (exact) mass is 1120 g/mol. The van der Waals surface area contributed by atoms with E-state index in [0.717, 1.165) is 69.4 Å². The van der Waals surface area contributed by atoms with Crippen LogP contribution in [0.25, 0.3) is 42.7 Å². The molecule has 0 aliphatic rings. The van der Waals surface area contributed by atoms with Crippen LogP contribution in [-0.2, 0) is 13.1 Å². The molecule has 0 saturated heterocycles. The Labute approximate surface area is 468 Å². The number of halogens is 3. The molecule has 21 heteroatoms. The molecule has 10 aromatic rings. The van der Waals surface area contributed by atoms with E-state index in [1.807, 2.05) is 44.2 Å². The summed E-state index contributed by atoms with van der Waals surface area (Å²) in [6, 6.07) is 38.8. The summed E-state index contributed by atoms with van der Waals surface area (Å²) >= 11 is 9.54. The molecule has 0 saturated carbocycles. The van der Waals surface area contributed by atoms with Crippen LogP contribution >= 0.6 is 34.3 Å². The van der Waals surface area contributed by atoms with Crippen molar-refractivity contribution in [1.29, 1.82) is 0 Å². The summed E-state index contributed by atoms with van der Waals surface area (Å²) in [7, 11) is 0. The third-order valence-electron chi connectivity index (χ3n) is 12.1. The number of fused-ring (bicyclic) bond motifs is 2. The van der Waals surface area contributed by atoms with Gasteiger partial charge in [0.25, 0.3) is 11.8 Å². The van der Waals surface area contributed by atoms with Gasteiger partial charge in [0.2, 0.25) is 0 Å². The molecule has 6 heterocycles. The Balaban J connectivity index is 0.000000195. The van der Waals surface area contributed by atoms with Gasteiger partial charge in [0.15, 0.2) is 0 Å². The Morgan fingerprint density at radius 1 is 0.532 bits per heavy atom. The summed E-state index contributed by atoms with van der Waals surface area (Å²) in [6.07, 6.45) is 6.29. The highest BCUT2D eigenvalue weighted by Gasteiger charge is 2.19. The van der Waals surface area contributed by atoms with E-state index >= 15 is 0 Å². The molecule has 0 bridgehead atoms. The van der Waals surface area contributed by atoms with E-state index in [-0.39, 0.29) is 35.5 Å². The number of nitrogens with zero attached hydrogens (tertiary/aromatic N) is 6. The zero-order valence-electron chi connectivity index (χ0n) is 43.1. The minimum atomic E-state index is -0.314. The average Bonchev–Trinajstić information content (AvgIpc) is 4.22. The third kappa shape index (κ3) is 15.2. The second-order valence-electron chi connectivity index (χ2n) is 17.7. The molecule has 11 N–H and O–H groups in total. The molecule has 0 fully saturated rings. The SMILES string of the molecule is C[C@H](NC(=O)c1cccnc1NCc1ccc(-c2ccc3ncnc(Cl)c3c2)s1)c1ccc(F)cc1.C[C@H](NC(=O)c1cccnc1NCc1ccc(-c2ccc3ncnc(NCCN)c3c2)s1)c1ccc(F)cc1.NCCN. The topological polar surface area (TPSA) is 250 Å². The first-order valence-corrected chi connectivity index (χ1v) is 27.1. The lowest BCUT2D eigenvalue weighted by Gasteiger charge is -2.16. The lowest BCUT2D eigenvalue weighted by molar-refractivity contribution is 0.0932. The molecule has 10 rings (SSSR count). The molecule has 2 amide bonds. The number of thiophene rings is 2. The van der Waals surface area contributed by atoms with Gasteiger partial charge in [-0.15, -0.1) is 22.7 Å². The first-order valence-electron chi connectivity index (χ1n) is 25.1. The van der Waals surface area contributed by atoms with E-state index in [9.17, 15) is 18.4 Å². The number of benzene rings is 4. The maximum Gasteiger partial charge on any atom is 0.255 e. The van der Waals surface area contributed by atoms with Crippen molar-refractivity contribution in [1.82, 2.24) is 40.5 Å². The number of hydrogen-bond donors (Lipinski definition) is 8. The van der Waals surface area contributed by atoms with Crippen LogP contribution in [-0.4, -0.2) is 67.9 Å². The van der Waals surface area contributed by atoms with Crippen molar-refractivity contribution in [3.05, 3.63) is 207 Å². The second kappa shape index (κ2) is 27.8. The zero-order valence-corrected chi connectivity index (χ0v) is 45.5. The molecule has 0 aliphatic carbocycles. The van der Waals surface area contributed by atoms with Crippen LogP contribution in [0.15, 0.2) is 159 Å². The molecule has 0 spiro atoms. The number of aromatic nitrogens is 6. The van der Waals surface area contributed by atoms with Gasteiger partial charge < -0.3 is 43.8 Å². The first kappa shape index (κ1) is 56.8. The highest BCUT2D eigenvalue weighted by Crippen LogP contribution is 2.34. The minimum absolute atomic E-state index is 0.258. The predicted octanol–water partition coefficient (Wildman–Crippen LogP) is 10.9. The molecule has 404 valence electrons. The summed E-state index contributed by atoms with van der Waals surface area (Å²) in [4.78, 5) is 56.2. The van der Waals surface area contributed by atoms with Crippen molar-refractivity contribution in [2.45, 2.75) is 39.0 Å². The molecular formula is C58H57ClF2N14O2S2. The third-order valence-corrected chi connectivity index (χ3v) is 14.7. The highest BCUT2D eigenvalue weighted by atomic mass is 35.5. The summed E-state index contributed by atoms with van der Waals surface area (Å²) in [5.41, 5.74) is 21.7. The van der Waals surface area contributed by atoms with Crippen LogP contribution in [0.3, 0.4) is 0 Å². The van der Waals surface area contributed by atoms with Gasteiger partial charge in [0.05, 0.1) is 47.3 Å². The summed E-state index contributed by atoms with van der Waals surface area (Å²) in [6.45, 7) is 7.07. The number of carbonyl (C=O) groups is 2.